The number of benzene rings is 1. The second-order valence-corrected chi connectivity index (χ2v) is 7.32. The summed E-state index contributed by atoms with van der Waals surface area (Å²) >= 11 is 0. The number of rotatable bonds is 2. The van der Waals surface area contributed by atoms with Crippen LogP contribution in [0.25, 0.3) is 0 Å². The van der Waals surface area contributed by atoms with Gasteiger partial charge in [-0.15, -0.1) is 0 Å². The van der Waals surface area contributed by atoms with Gasteiger partial charge < -0.3 is 19.5 Å². The highest BCUT2D eigenvalue weighted by Gasteiger charge is 2.48. The van der Waals surface area contributed by atoms with Crippen LogP contribution in [0.5, 0.6) is 5.75 Å². The first-order valence-corrected chi connectivity index (χ1v) is 9.40. The van der Waals surface area contributed by atoms with Crippen LogP contribution in [0.4, 0.5) is 4.39 Å². The molecule has 1 N–H and O–H groups in total. The van der Waals surface area contributed by atoms with Gasteiger partial charge in [0.05, 0.1) is 24.7 Å². The summed E-state index contributed by atoms with van der Waals surface area (Å²) in [6, 6.07) is 4.24. The van der Waals surface area contributed by atoms with Gasteiger partial charge in [0.15, 0.2) is 11.6 Å². The molecular formula is C20H23FN4O3. The lowest BCUT2D eigenvalue weighted by Gasteiger charge is -2.50. The number of piperidine rings is 1. The Bertz CT molecular complexity index is 918. The van der Waals surface area contributed by atoms with E-state index in [0.717, 1.165) is 17.8 Å². The lowest BCUT2D eigenvalue weighted by molar-refractivity contribution is -0.139. The van der Waals surface area contributed by atoms with Crippen LogP contribution in [0.15, 0.2) is 24.5 Å². The van der Waals surface area contributed by atoms with Crippen LogP contribution in [0.3, 0.4) is 0 Å². The number of hydrogen-bond donors (Lipinski definition) is 1. The number of aromatic nitrogens is 2. The van der Waals surface area contributed by atoms with Crippen LogP contribution in [0, 0.1) is 5.82 Å². The van der Waals surface area contributed by atoms with Gasteiger partial charge in [0.1, 0.15) is 0 Å². The van der Waals surface area contributed by atoms with Crippen molar-refractivity contribution in [1.82, 2.24) is 19.8 Å². The van der Waals surface area contributed by atoms with E-state index in [0.29, 0.717) is 38.0 Å². The molecule has 1 aromatic carbocycles. The second-order valence-electron chi connectivity index (χ2n) is 7.32. The standard InChI is InChI=1S/C20H23FN4O3/c1-13(26)25-8-5-16-18(23-12-22-16)20(25)6-9-24(10-7-20)19(27)14-3-4-17(28-2)15(21)11-14/h3-4,11-12H,5-10H2,1-2H3,(H,22,23). The first-order chi connectivity index (χ1) is 13.5. The molecule has 2 aliphatic heterocycles. The highest BCUT2D eigenvalue weighted by molar-refractivity contribution is 5.94. The van der Waals surface area contributed by atoms with E-state index < -0.39 is 11.4 Å². The van der Waals surface area contributed by atoms with E-state index in [2.05, 4.69) is 9.97 Å². The Kier molecular flexibility index (Phi) is 4.56. The van der Waals surface area contributed by atoms with Gasteiger partial charge in [0.25, 0.3) is 5.91 Å². The summed E-state index contributed by atoms with van der Waals surface area (Å²) in [7, 11) is 1.39. The molecule has 28 heavy (non-hydrogen) atoms. The lowest BCUT2D eigenvalue weighted by atomic mass is 9.78. The van der Waals surface area contributed by atoms with Crippen molar-refractivity contribution >= 4 is 11.8 Å². The number of imidazole rings is 1. The van der Waals surface area contributed by atoms with Crippen molar-refractivity contribution in [1.29, 1.82) is 0 Å². The third kappa shape index (κ3) is 2.83. The minimum atomic E-state index is -0.557. The maximum Gasteiger partial charge on any atom is 0.253 e. The number of carbonyl (C=O) groups excluding carboxylic acids is 2. The Morgan fingerprint density at radius 2 is 2.00 bits per heavy atom. The largest absolute Gasteiger partial charge is 0.494 e. The maximum absolute atomic E-state index is 14.0. The topological polar surface area (TPSA) is 78.5 Å². The van der Waals surface area contributed by atoms with Crippen molar-refractivity contribution in [3.05, 3.63) is 47.3 Å². The number of halogens is 1. The Morgan fingerprint density at radius 1 is 1.25 bits per heavy atom. The fourth-order valence-electron chi connectivity index (χ4n) is 4.51. The van der Waals surface area contributed by atoms with Crippen molar-refractivity contribution in [2.75, 3.05) is 26.7 Å². The zero-order chi connectivity index (χ0) is 19.9. The number of ether oxygens (including phenoxy) is 1. The molecule has 2 amide bonds. The first-order valence-electron chi connectivity index (χ1n) is 9.40. The maximum atomic E-state index is 14.0. The molecule has 8 heteroatoms. The smallest absolute Gasteiger partial charge is 0.253 e. The summed E-state index contributed by atoms with van der Waals surface area (Å²) in [6.07, 6.45) is 3.64. The van der Waals surface area contributed by atoms with Crippen molar-refractivity contribution in [3.63, 3.8) is 0 Å². The first kappa shape index (κ1) is 18.5. The minimum absolute atomic E-state index is 0.0191. The molecule has 1 saturated heterocycles. The summed E-state index contributed by atoms with van der Waals surface area (Å²) in [6.45, 7) is 3.17. The minimum Gasteiger partial charge on any atom is -0.494 e. The molecule has 1 fully saturated rings. The molecule has 7 nitrogen and oxygen atoms in total. The molecule has 1 aromatic heterocycles. The number of carbonyl (C=O) groups is 2. The normalized spacial score (nSPS) is 18.1. The average molecular weight is 386 g/mol. The van der Waals surface area contributed by atoms with Crippen molar-refractivity contribution < 1.29 is 18.7 Å². The zero-order valence-corrected chi connectivity index (χ0v) is 16.0. The number of amides is 2. The van der Waals surface area contributed by atoms with E-state index in [1.807, 2.05) is 4.90 Å². The third-order valence-corrected chi connectivity index (χ3v) is 5.92. The number of nitrogens with one attached hydrogen (secondary N) is 1. The molecule has 0 atom stereocenters. The van der Waals surface area contributed by atoms with E-state index in [9.17, 15) is 14.0 Å². The van der Waals surface area contributed by atoms with Gasteiger partial charge in [-0.1, -0.05) is 0 Å². The van der Waals surface area contributed by atoms with E-state index >= 15 is 0 Å². The Morgan fingerprint density at radius 3 is 2.64 bits per heavy atom. The van der Waals surface area contributed by atoms with Crippen molar-refractivity contribution in [3.8, 4) is 5.75 Å². The molecule has 4 rings (SSSR count). The van der Waals surface area contributed by atoms with Gasteiger partial charge in [0.2, 0.25) is 5.91 Å². The number of methoxy groups -OCH3 is 1. The highest BCUT2D eigenvalue weighted by atomic mass is 19.1. The SMILES string of the molecule is COc1ccc(C(=O)N2CCC3(CC2)c2nc[nH]c2CCN3C(C)=O)cc1F. The van der Waals surface area contributed by atoms with Crippen LogP contribution in [-0.2, 0) is 16.8 Å². The van der Waals surface area contributed by atoms with Gasteiger partial charge in [-0.05, 0) is 31.0 Å². The Hall–Kier alpha value is -2.90. The monoisotopic (exact) mass is 386 g/mol. The number of hydrogen-bond acceptors (Lipinski definition) is 4. The van der Waals surface area contributed by atoms with E-state index in [1.54, 1.807) is 24.2 Å². The summed E-state index contributed by atoms with van der Waals surface area (Å²) in [5, 5.41) is 0. The predicted octanol–water partition coefficient (Wildman–Crippen LogP) is 2.09. The second kappa shape index (κ2) is 6.92. The van der Waals surface area contributed by atoms with Gasteiger partial charge >= 0.3 is 0 Å². The molecule has 0 saturated carbocycles. The molecule has 2 aliphatic rings. The van der Waals surface area contributed by atoms with Crippen molar-refractivity contribution in [2.24, 2.45) is 0 Å². The molecule has 0 unspecified atom stereocenters. The Balaban J connectivity index is 1.56. The lowest BCUT2D eigenvalue weighted by Crippen LogP contribution is -2.58. The zero-order valence-electron chi connectivity index (χ0n) is 16.0. The number of nitrogens with zero attached hydrogens (tertiary/aromatic N) is 3. The van der Waals surface area contributed by atoms with Crippen LogP contribution in [0.2, 0.25) is 0 Å². The number of aromatic amines is 1. The fraction of sp³-hybridized carbons (Fsp3) is 0.450. The fourth-order valence-corrected chi connectivity index (χ4v) is 4.51. The molecule has 0 bridgehead atoms. The summed E-state index contributed by atoms with van der Waals surface area (Å²) in [4.78, 5) is 36.4. The van der Waals surface area contributed by atoms with Crippen LogP contribution < -0.4 is 4.74 Å². The molecule has 148 valence electrons. The van der Waals surface area contributed by atoms with E-state index in [1.165, 1.54) is 19.2 Å². The van der Waals surface area contributed by atoms with E-state index in [-0.39, 0.29) is 17.6 Å². The number of fused-ring (bicyclic) bond motifs is 2. The van der Waals surface area contributed by atoms with Gasteiger partial charge in [-0.25, -0.2) is 9.37 Å². The third-order valence-electron chi connectivity index (χ3n) is 5.92. The van der Waals surface area contributed by atoms with Crippen LogP contribution in [0.1, 0.15) is 41.5 Å². The predicted molar refractivity (Wildman–Crippen MR) is 99.4 cm³/mol. The summed E-state index contributed by atoms with van der Waals surface area (Å²) in [5.74, 6) is -0.646. The van der Waals surface area contributed by atoms with Crippen LogP contribution in [-0.4, -0.2) is 58.3 Å². The molecule has 1 spiro atoms. The quantitative estimate of drug-likeness (QED) is 0.857. The van der Waals surface area contributed by atoms with Crippen LogP contribution >= 0.6 is 0 Å². The van der Waals surface area contributed by atoms with Gasteiger partial charge in [-0.3, -0.25) is 9.59 Å². The molecule has 0 radical (unpaired) electrons. The molecular weight excluding hydrogens is 363 g/mol. The summed E-state index contributed by atoms with van der Waals surface area (Å²) < 4.78 is 18.9. The van der Waals surface area contributed by atoms with Crippen molar-refractivity contribution in [2.45, 2.75) is 31.7 Å². The molecule has 3 heterocycles. The number of likely N-dealkylation sites (tertiary alicyclic amines) is 1. The average Bonchev–Trinajstić information content (AvgIpc) is 3.18. The van der Waals surface area contributed by atoms with E-state index in [4.69, 9.17) is 4.74 Å². The highest BCUT2D eigenvalue weighted by Crippen LogP contribution is 2.42. The van der Waals surface area contributed by atoms with Gasteiger partial charge in [-0.2, -0.15) is 0 Å². The number of H-pyrrole nitrogens is 1. The molecule has 2 aromatic rings. The Labute approximate surface area is 162 Å². The summed E-state index contributed by atoms with van der Waals surface area (Å²) in [5.41, 5.74) is 1.79. The molecule has 0 aliphatic carbocycles. The van der Waals surface area contributed by atoms with Gasteiger partial charge in [0, 0.05) is 44.2 Å².